The van der Waals surface area contributed by atoms with Crippen LogP contribution in [0.1, 0.15) is 26.2 Å². The van der Waals surface area contributed by atoms with Gasteiger partial charge in [0.05, 0.1) is 6.04 Å². The molecule has 0 aromatic rings. The lowest BCUT2D eigenvalue weighted by Gasteiger charge is -2.07. The minimum atomic E-state index is -0.324. The molecule has 0 bridgehead atoms. The maximum absolute atomic E-state index is 11.0. The average molecular weight is 159 g/mol. The van der Waals surface area contributed by atoms with Gasteiger partial charge in [-0.2, -0.15) is 0 Å². The number of carbonyl (C=O) groups excluding carboxylic acids is 1. The van der Waals surface area contributed by atoms with Crippen molar-refractivity contribution in [2.45, 2.75) is 32.2 Å². The van der Waals surface area contributed by atoms with Gasteiger partial charge in [0.25, 0.3) is 0 Å². The quantitative estimate of drug-likeness (QED) is 0.621. The van der Waals surface area contributed by atoms with Crippen LogP contribution in [0.4, 0.5) is 0 Å². The molecule has 0 aliphatic heterocycles. The summed E-state index contributed by atoms with van der Waals surface area (Å²) in [6, 6.07) is -0.324. The van der Waals surface area contributed by atoms with Crippen molar-refractivity contribution in [3.63, 3.8) is 0 Å². The van der Waals surface area contributed by atoms with Gasteiger partial charge in [-0.1, -0.05) is 19.8 Å². The number of ether oxygens (including phenoxy) is 1. The van der Waals surface area contributed by atoms with E-state index < -0.39 is 0 Å². The van der Waals surface area contributed by atoms with Gasteiger partial charge >= 0.3 is 0 Å². The third-order valence-electron chi connectivity index (χ3n) is 1.57. The van der Waals surface area contributed by atoms with Crippen molar-refractivity contribution in [2.75, 3.05) is 13.7 Å². The first-order chi connectivity index (χ1) is 5.22. The molecule has 0 spiro atoms. The predicted molar refractivity (Wildman–Crippen MR) is 44.4 cm³/mol. The number of rotatable bonds is 6. The topological polar surface area (TPSA) is 52.3 Å². The number of nitrogens with two attached hydrogens (primary N) is 1. The molecule has 0 aliphatic carbocycles. The van der Waals surface area contributed by atoms with E-state index in [2.05, 4.69) is 11.7 Å². The van der Waals surface area contributed by atoms with Crippen LogP contribution in [0.25, 0.3) is 0 Å². The summed E-state index contributed by atoms with van der Waals surface area (Å²) < 4.78 is 4.68. The van der Waals surface area contributed by atoms with E-state index in [1.807, 2.05) is 0 Å². The van der Waals surface area contributed by atoms with Crippen LogP contribution in [0.2, 0.25) is 0 Å². The first-order valence-electron chi connectivity index (χ1n) is 3.99. The highest BCUT2D eigenvalue weighted by Crippen LogP contribution is 1.98. The molecule has 0 aromatic heterocycles. The van der Waals surface area contributed by atoms with Gasteiger partial charge < -0.3 is 10.5 Å². The van der Waals surface area contributed by atoms with Gasteiger partial charge in [0.1, 0.15) is 6.61 Å². The zero-order valence-corrected chi connectivity index (χ0v) is 7.30. The van der Waals surface area contributed by atoms with E-state index in [4.69, 9.17) is 5.73 Å². The Balaban J connectivity index is 3.46. The maximum atomic E-state index is 11.0. The molecule has 0 heterocycles. The van der Waals surface area contributed by atoms with Crippen molar-refractivity contribution in [2.24, 2.45) is 5.73 Å². The van der Waals surface area contributed by atoms with Crippen LogP contribution in [0.5, 0.6) is 0 Å². The highest BCUT2D eigenvalue weighted by Gasteiger charge is 2.11. The van der Waals surface area contributed by atoms with E-state index >= 15 is 0 Å². The summed E-state index contributed by atoms with van der Waals surface area (Å²) in [5.74, 6) is 0.000880. The van der Waals surface area contributed by atoms with Crippen LogP contribution in [0, 0.1) is 0 Å². The zero-order valence-electron chi connectivity index (χ0n) is 7.30. The summed E-state index contributed by atoms with van der Waals surface area (Å²) in [5.41, 5.74) is 5.56. The first kappa shape index (κ1) is 10.6. The highest BCUT2D eigenvalue weighted by molar-refractivity contribution is 5.84. The summed E-state index contributed by atoms with van der Waals surface area (Å²) in [6.07, 6.45) is 2.86. The van der Waals surface area contributed by atoms with Gasteiger partial charge in [0.2, 0.25) is 0 Å². The lowest BCUT2D eigenvalue weighted by atomic mass is 10.1. The van der Waals surface area contributed by atoms with Crippen molar-refractivity contribution in [3.8, 4) is 0 Å². The molecule has 2 N–H and O–H groups in total. The van der Waals surface area contributed by atoms with E-state index in [1.54, 1.807) is 0 Å². The Kier molecular flexibility index (Phi) is 6.07. The molecular formula is C8H17NO2. The molecule has 0 radical (unpaired) electrons. The number of Topliss-reactive ketones (excluding diaryl/α,β-unsaturated/α-hetero) is 1. The molecule has 0 fully saturated rings. The van der Waals surface area contributed by atoms with Crippen molar-refractivity contribution in [3.05, 3.63) is 0 Å². The fourth-order valence-corrected chi connectivity index (χ4v) is 0.834. The second-order valence-electron chi connectivity index (χ2n) is 2.65. The molecule has 0 saturated carbocycles. The van der Waals surface area contributed by atoms with Gasteiger partial charge in [-0.25, -0.2) is 0 Å². The minimum Gasteiger partial charge on any atom is -0.377 e. The molecule has 0 saturated heterocycles. The van der Waals surface area contributed by atoms with Gasteiger partial charge in [-0.3, -0.25) is 4.79 Å². The van der Waals surface area contributed by atoms with E-state index in [0.717, 1.165) is 19.3 Å². The Morgan fingerprint density at radius 1 is 1.64 bits per heavy atom. The van der Waals surface area contributed by atoms with E-state index in [-0.39, 0.29) is 18.4 Å². The standard InChI is InChI=1S/C8H17NO2/c1-3-4-5-7(9)8(10)6-11-2/h7H,3-6,9H2,1-2H3. The monoisotopic (exact) mass is 159 g/mol. The molecule has 3 heteroatoms. The summed E-state index contributed by atoms with van der Waals surface area (Å²) in [4.78, 5) is 11.0. The van der Waals surface area contributed by atoms with E-state index in [1.165, 1.54) is 7.11 Å². The summed E-state index contributed by atoms with van der Waals surface area (Å²) in [5, 5.41) is 0. The average Bonchev–Trinajstić information content (AvgIpc) is 2.00. The Bertz CT molecular complexity index is 115. The summed E-state index contributed by atoms with van der Waals surface area (Å²) in [7, 11) is 1.50. The minimum absolute atomic E-state index is 0.000880. The largest absolute Gasteiger partial charge is 0.377 e. The number of hydrogen-bond acceptors (Lipinski definition) is 3. The van der Waals surface area contributed by atoms with Crippen LogP contribution in [-0.2, 0) is 9.53 Å². The number of carbonyl (C=O) groups is 1. The maximum Gasteiger partial charge on any atom is 0.175 e. The van der Waals surface area contributed by atoms with Gasteiger partial charge in [0.15, 0.2) is 5.78 Å². The van der Waals surface area contributed by atoms with Gasteiger partial charge in [-0.15, -0.1) is 0 Å². The Morgan fingerprint density at radius 3 is 2.73 bits per heavy atom. The fraction of sp³-hybridized carbons (Fsp3) is 0.875. The van der Waals surface area contributed by atoms with Crippen LogP contribution < -0.4 is 5.73 Å². The molecule has 66 valence electrons. The lowest BCUT2D eigenvalue weighted by Crippen LogP contribution is -2.33. The van der Waals surface area contributed by atoms with Gasteiger partial charge in [0, 0.05) is 7.11 Å². The third kappa shape index (κ3) is 4.93. The van der Waals surface area contributed by atoms with Gasteiger partial charge in [-0.05, 0) is 6.42 Å². The second-order valence-corrected chi connectivity index (χ2v) is 2.65. The number of methoxy groups -OCH3 is 1. The Morgan fingerprint density at radius 2 is 2.27 bits per heavy atom. The summed E-state index contributed by atoms with van der Waals surface area (Å²) in [6.45, 7) is 2.22. The van der Waals surface area contributed by atoms with E-state index in [9.17, 15) is 4.79 Å². The van der Waals surface area contributed by atoms with Crippen LogP contribution in [0.15, 0.2) is 0 Å². The molecule has 0 amide bonds. The predicted octanol–water partition coefficient (Wildman–Crippen LogP) is 0.719. The van der Waals surface area contributed by atoms with Crippen molar-refractivity contribution in [1.82, 2.24) is 0 Å². The molecule has 0 aliphatic rings. The number of unbranched alkanes of at least 4 members (excludes halogenated alkanes) is 1. The normalized spacial score (nSPS) is 13.0. The Labute approximate surface area is 67.9 Å². The third-order valence-corrected chi connectivity index (χ3v) is 1.57. The number of hydrogen-bond donors (Lipinski definition) is 1. The number of ketones is 1. The molecule has 0 rings (SSSR count). The van der Waals surface area contributed by atoms with Crippen LogP contribution >= 0.6 is 0 Å². The Hall–Kier alpha value is -0.410. The molecular weight excluding hydrogens is 142 g/mol. The molecule has 11 heavy (non-hydrogen) atoms. The fourth-order valence-electron chi connectivity index (χ4n) is 0.834. The molecule has 1 atom stereocenters. The van der Waals surface area contributed by atoms with Crippen LogP contribution in [0.3, 0.4) is 0 Å². The van der Waals surface area contributed by atoms with E-state index in [0.29, 0.717) is 0 Å². The molecule has 0 aromatic carbocycles. The van der Waals surface area contributed by atoms with Crippen molar-refractivity contribution in [1.29, 1.82) is 0 Å². The zero-order chi connectivity index (χ0) is 8.69. The van der Waals surface area contributed by atoms with Crippen molar-refractivity contribution >= 4 is 5.78 Å². The molecule has 1 unspecified atom stereocenters. The smallest absolute Gasteiger partial charge is 0.175 e. The van der Waals surface area contributed by atoms with Crippen molar-refractivity contribution < 1.29 is 9.53 Å². The molecule has 3 nitrogen and oxygen atoms in total. The second kappa shape index (κ2) is 6.31. The SMILES string of the molecule is CCCCC(N)C(=O)COC. The summed E-state index contributed by atoms with van der Waals surface area (Å²) >= 11 is 0. The lowest BCUT2D eigenvalue weighted by molar-refractivity contribution is -0.124. The highest BCUT2D eigenvalue weighted by atomic mass is 16.5. The first-order valence-corrected chi connectivity index (χ1v) is 3.99. The van der Waals surface area contributed by atoms with Crippen LogP contribution in [-0.4, -0.2) is 25.5 Å².